The van der Waals surface area contributed by atoms with Gasteiger partial charge in [0.25, 0.3) is 0 Å². The summed E-state index contributed by atoms with van der Waals surface area (Å²) in [7, 11) is -1.57. The molecule has 16 heavy (non-hydrogen) atoms. The average Bonchev–Trinajstić information content (AvgIpc) is 2.24. The second-order valence-electron chi connectivity index (χ2n) is 3.12. The van der Waals surface area contributed by atoms with Crippen LogP contribution in [-0.2, 0) is 10.0 Å². The first-order valence-corrected chi connectivity index (χ1v) is 6.48. The molecule has 0 unspecified atom stereocenters. The molecular weight excluding hydrogens is 226 g/mol. The van der Waals surface area contributed by atoms with Gasteiger partial charge in [-0.05, 0) is 24.3 Å². The zero-order chi connectivity index (χ0) is 12.0. The van der Waals surface area contributed by atoms with Crippen molar-refractivity contribution in [3.63, 3.8) is 0 Å². The maximum absolute atomic E-state index is 10.7. The molecule has 0 aromatic heterocycles. The van der Waals surface area contributed by atoms with Gasteiger partial charge in [0.1, 0.15) is 5.75 Å². The molecule has 0 saturated heterocycles. The molecule has 0 aliphatic heterocycles. The van der Waals surface area contributed by atoms with Crippen molar-refractivity contribution in [3.8, 4) is 17.6 Å². The van der Waals surface area contributed by atoms with E-state index in [0.717, 1.165) is 17.6 Å². The van der Waals surface area contributed by atoms with E-state index < -0.39 is 10.0 Å². The molecule has 0 heterocycles. The second-order valence-corrected chi connectivity index (χ2v) is 4.96. The van der Waals surface area contributed by atoms with E-state index in [1.54, 1.807) is 19.2 Å². The average molecular weight is 239 g/mol. The highest BCUT2D eigenvalue weighted by molar-refractivity contribution is 7.88. The van der Waals surface area contributed by atoms with E-state index in [1.165, 1.54) is 0 Å². The van der Waals surface area contributed by atoms with E-state index in [2.05, 4.69) is 16.6 Å². The number of hydrogen-bond acceptors (Lipinski definition) is 3. The zero-order valence-electron chi connectivity index (χ0n) is 9.15. The van der Waals surface area contributed by atoms with Crippen LogP contribution < -0.4 is 9.46 Å². The lowest BCUT2D eigenvalue weighted by atomic mass is 10.2. The van der Waals surface area contributed by atoms with E-state index >= 15 is 0 Å². The molecule has 5 heteroatoms. The lowest BCUT2D eigenvalue weighted by Gasteiger charge is -1.97. The van der Waals surface area contributed by atoms with E-state index in [1.807, 2.05) is 12.1 Å². The molecule has 0 atom stereocenters. The number of hydrogen-bond donors (Lipinski definition) is 1. The fraction of sp³-hybridized carbons (Fsp3) is 0.273. The van der Waals surface area contributed by atoms with Crippen molar-refractivity contribution in [2.45, 2.75) is 0 Å². The predicted octanol–water partition coefficient (Wildman–Crippen LogP) is 0.596. The van der Waals surface area contributed by atoms with Gasteiger partial charge in [0, 0.05) is 5.56 Å². The highest BCUT2D eigenvalue weighted by Crippen LogP contribution is 2.09. The lowest BCUT2D eigenvalue weighted by molar-refractivity contribution is 0.415. The van der Waals surface area contributed by atoms with E-state index in [4.69, 9.17) is 4.74 Å². The highest BCUT2D eigenvalue weighted by atomic mass is 32.2. The molecule has 0 amide bonds. The van der Waals surface area contributed by atoms with Gasteiger partial charge in [0.2, 0.25) is 10.0 Å². The third kappa shape index (κ3) is 4.82. The van der Waals surface area contributed by atoms with E-state index in [-0.39, 0.29) is 6.54 Å². The molecule has 0 fully saturated rings. The summed E-state index contributed by atoms with van der Waals surface area (Å²) in [5, 5.41) is 0. The van der Waals surface area contributed by atoms with Gasteiger partial charge in [-0.25, -0.2) is 13.1 Å². The summed E-state index contributed by atoms with van der Waals surface area (Å²) in [5.41, 5.74) is 0.816. The van der Waals surface area contributed by atoms with Gasteiger partial charge >= 0.3 is 0 Å². The van der Waals surface area contributed by atoms with Crippen LogP contribution in [0, 0.1) is 11.8 Å². The van der Waals surface area contributed by atoms with Crippen molar-refractivity contribution in [3.05, 3.63) is 29.8 Å². The van der Waals surface area contributed by atoms with Crippen LogP contribution in [0.2, 0.25) is 0 Å². The van der Waals surface area contributed by atoms with Gasteiger partial charge in [-0.15, -0.1) is 0 Å². The summed E-state index contributed by atoms with van der Waals surface area (Å²) in [4.78, 5) is 0. The lowest BCUT2D eigenvalue weighted by Crippen LogP contribution is -2.21. The minimum absolute atomic E-state index is 0.116. The molecule has 0 aliphatic rings. The first kappa shape index (κ1) is 12.6. The Morgan fingerprint density at radius 2 is 1.94 bits per heavy atom. The Labute approximate surface area is 95.7 Å². The molecule has 86 valence electrons. The Kier molecular flexibility index (Phi) is 4.35. The monoisotopic (exact) mass is 239 g/mol. The van der Waals surface area contributed by atoms with Crippen molar-refractivity contribution in [1.82, 2.24) is 4.72 Å². The van der Waals surface area contributed by atoms with Crippen LogP contribution in [0.1, 0.15) is 5.56 Å². The summed E-state index contributed by atoms with van der Waals surface area (Å²) < 4.78 is 28.7. The predicted molar refractivity (Wildman–Crippen MR) is 62.7 cm³/mol. The van der Waals surface area contributed by atoms with Crippen LogP contribution in [0.5, 0.6) is 5.75 Å². The van der Waals surface area contributed by atoms with Gasteiger partial charge in [-0.3, -0.25) is 0 Å². The second kappa shape index (κ2) is 5.54. The topological polar surface area (TPSA) is 55.4 Å². The molecule has 0 radical (unpaired) electrons. The number of nitrogens with one attached hydrogen (secondary N) is 1. The van der Waals surface area contributed by atoms with Gasteiger partial charge in [-0.1, -0.05) is 11.8 Å². The van der Waals surface area contributed by atoms with Crippen LogP contribution in [0.15, 0.2) is 24.3 Å². The van der Waals surface area contributed by atoms with Crippen molar-refractivity contribution >= 4 is 10.0 Å². The number of rotatable bonds is 3. The number of ether oxygens (including phenoxy) is 1. The molecule has 4 nitrogen and oxygen atoms in total. The summed E-state index contributed by atoms with van der Waals surface area (Å²) >= 11 is 0. The fourth-order valence-electron chi connectivity index (χ4n) is 0.988. The standard InChI is InChI=1S/C11H13NO3S/c1-15-11-7-5-10(6-8-11)4-3-9-12-16(2,13)14/h5-8,12H,9H2,1-2H3. The smallest absolute Gasteiger partial charge is 0.209 e. The summed E-state index contributed by atoms with van der Waals surface area (Å²) in [6.07, 6.45) is 1.10. The quantitative estimate of drug-likeness (QED) is 0.786. The molecule has 1 N–H and O–H groups in total. The van der Waals surface area contributed by atoms with Crippen LogP contribution in [0.4, 0.5) is 0 Å². The Hall–Kier alpha value is -1.51. The van der Waals surface area contributed by atoms with E-state index in [0.29, 0.717) is 0 Å². The summed E-state index contributed by atoms with van der Waals surface area (Å²) in [5.74, 6) is 6.31. The van der Waals surface area contributed by atoms with Crippen molar-refractivity contribution in [2.75, 3.05) is 19.9 Å². The Morgan fingerprint density at radius 1 is 1.31 bits per heavy atom. The Morgan fingerprint density at radius 3 is 2.44 bits per heavy atom. The van der Waals surface area contributed by atoms with Crippen LogP contribution in [-0.4, -0.2) is 28.3 Å². The highest BCUT2D eigenvalue weighted by Gasteiger charge is 1.95. The molecule has 1 aromatic rings. The Balaban J connectivity index is 2.57. The third-order valence-corrected chi connectivity index (χ3v) is 2.41. The number of methoxy groups -OCH3 is 1. The zero-order valence-corrected chi connectivity index (χ0v) is 9.97. The van der Waals surface area contributed by atoms with E-state index in [9.17, 15) is 8.42 Å². The molecule has 0 aliphatic carbocycles. The Bertz CT molecular complexity index is 494. The first-order chi connectivity index (χ1) is 7.51. The van der Waals surface area contributed by atoms with Crippen molar-refractivity contribution < 1.29 is 13.2 Å². The normalized spacial score (nSPS) is 10.4. The number of sulfonamides is 1. The molecule has 0 saturated carbocycles. The van der Waals surface area contributed by atoms with Gasteiger partial charge in [-0.2, -0.15) is 0 Å². The van der Waals surface area contributed by atoms with Crippen molar-refractivity contribution in [2.24, 2.45) is 0 Å². The SMILES string of the molecule is COc1ccc(C#CCNS(C)(=O)=O)cc1. The largest absolute Gasteiger partial charge is 0.497 e. The summed E-state index contributed by atoms with van der Waals surface area (Å²) in [6, 6.07) is 7.22. The summed E-state index contributed by atoms with van der Waals surface area (Å²) in [6.45, 7) is 0.116. The molecule has 1 rings (SSSR count). The molecule has 0 bridgehead atoms. The minimum Gasteiger partial charge on any atom is -0.497 e. The fourth-order valence-corrected chi connectivity index (χ4v) is 1.32. The number of benzene rings is 1. The van der Waals surface area contributed by atoms with Crippen LogP contribution in [0.3, 0.4) is 0 Å². The first-order valence-electron chi connectivity index (χ1n) is 4.59. The maximum atomic E-state index is 10.7. The van der Waals surface area contributed by atoms with Gasteiger partial charge in [0.15, 0.2) is 0 Å². The third-order valence-electron chi connectivity index (χ3n) is 1.75. The van der Waals surface area contributed by atoms with Gasteiger partial charge in [0.05, 0.1) is 19.9 Å². The minimum atomic E-state index is -3.16. The van der Waals surface area contributed by atoms with Gasteiger partial charge < -0.3 is 4.74 Å². The molecule has 0 spiro atoms. The molecule has 1 aromatic carbocycles. The maximum Gasteiger partial charge on any atom is 0.209 e. The molecular formula is C11H13NO3S. The van der Waals surface area contributed by atoms with Crippen molar-refractivity contribution in [1.29, 1.82) is 0 Å². The van der Waals surface area contributed by atoms with Crippen LogP contribution >= 0.6 is 0 Å². The van der Waals surface area contributed by atoms with Crippen LogP contribution in [0.25, 0.3) is 0 Å².